The van der Waals surface area contributed by atoms with Crippen molar-refractivity contribution in [1.29, 1.82) is 0 Å². The Bertz CT molecular complexity index is 1020. The lowest BCUT2D eigenvalue weighted by Gasteiger charge is -2.14. The van der Waals surface area contributed by atoms with E-state index in [-0.39, 0.29) is 11.9 Å². The number of carbonyl (C=O) groups is 1. The lowest BCUT2D eigenvalue weighted by Crippen LogP contribution is -2.30. The number of amides is 1. The summed E-state index contributed by atoms with van der Waals surface area (Å²) in [6.45, 7) is 2.32. The maximum absolute atomic E-state index is 12.5. The highest BCUT2D eigenvalue weighted by atomic mass is 16.2. The Hall–Kier alpha value is -3.15. The van der Waals surface area contributed by atoms with Gasteiger partial charge in [0.25, 0.3) is 0 Å². The summed E-state index contributed by atoms with van der Waals surface area (Å²) in [5, 5.41) is 7.27. The van der Waals surface area contributed by atoms with Gasteiger partial charge in [-0.1, -0.05) is 18.2 Å². The molecule has 4 rings (SSSR count). The molecule has 1 aromatic carbocycles. The number of benzene rings is 1. The number of rotatable bonds is 4. The molecule has 3 aromatic heterocycles. The molecule has 1 amide bonds. The second-order valence-corrected chi connectivity index (χ2v) is 5.73. The van der Waals surface area contributed by atoms with Gasteiger partial charge in [0.1, 0.15) is 6.04 Å². The molecule has 0 aliphatic rings. The first-order valence-electron chi connectivity index (χ1n) is 7.84. The standard InChI is InChI=1S/C18H17N5O/c1-13(22-12-20-15-6-2-3-8-17(15)22)18(24)19-10-14-11-21-23-9-5-4-7-16(14)23/h2-9,11-13H,10H2,1H3,(H,19,24)/t13-/m1/s1. The van der Waals surface area contributed by atoms with Gasteiger partial charge in [-0.05, 0) is 31.2 Å². The summed E-state index contributed by atoms with van der Waals surface area (Å²) in [5.74, 6) is -0.0477. The summed E-state index contributed by atoms with van der Waals surface area (Å²) < 4.78 is 3.69. The number of nitrogens with zero attached hydrogens (tertiary/aromatic N) is 4. The topological polar surface area (TPSA) is 64.2 Å². The van der Waals surface area contributed by atoms with Crippen molar-refractivity contribution in [3.05, 3.63) is 66.7 Å². The zero-order valence-electron chi connectivity index (χ0n) is 13.3. The van der Waals surface area contributed by atoms with Crippen molar-refractivity contribution in [2.75, 3.05) is 0 Å². The Labute approximate surface area is 138 Å². The van der Waals surface area contributed by atoms with E-state index >= 15 is 0 Å². The number of carbonyl (C=O) groups excluding carboxylic acids is 1. The molecule has 3 heterocycles. The van der Waals surface area contributed by atoms with Crippen molar-refractivity contribution in [2.45, 2.75) is 19.5 Å². The number of pyridine rings is 1. The Balaban J connectivity index is 1.51. The van der Waals surface area contributed by atoms with Crippen LogP contribution in [-0.2, 0) is 11.3 Å². The van der Waals surface area contributed by atoms with E-state index in [9.17, 15) is 4.79 Å². The van der Waals surface area contributed by atoms with Crippen LogP contribution in [-0.4, -0.2) is 25.1 Å². The average Bonchev–Trinajstić information content (AvgIpc) is 3.23. The third kappa shape index (κ3) is 2.42. The van der Waals surface area contributed by atoms with Gasteiger partial charge in [-0.15, -0.1) is 0 Å². The Morgan fingerprint density at radius 2 is 1.96 bits per heavy atom. The van der Waals surface area contributed by atoms with Crippen molar-refractivity contribution in [3.8, 4) is 0 Å². The normalized spacial score (nSPS) is 12.5. The highest BCUT2D eigenvalue weighted by Gasteiger charge is 2.17. The van der Waals surface area contributed by atoms with Crippen LogP contribution in [0, 0.1) is 0 Å². The van der Waals surface area contributed by atoms with Crippen LogP contribution in [0.25, 0.3) is 16.6 Å². The Morgan fingerprint density at radius 1 is 1.17 bits per heavy atom. The molecular formula is C18H17N5O. The molecule has 4 aromatic rings. The van der Waals surface area contributed by atoms with Crippen LogP contribution in [0.15, 0.2) is 61.2 Å². The van der Waals surface area contributed by atoms with Gasteiger partial charge >= 0.3 is 0 Å². The fourth-order valence-corrected chi connectivity index (χ4v) is 2.87. The van der Waals surface area contributed by atoms with E-state index < -0.39 is 0 Å². The quantitative estimate of drug-likeness (QED) is 0.629. The molecule has 0 unspecified atom stereocenters. The van der Waals surface area contributed by atoms with Crippen molar-refractivity contribution in [2.24, 2.45) is 0 Å². The number of hydrogen-bond donors (Lipinski definition) is 1. The number of imidazole rings is 1. The summed E-state index contributed by atoms with van der Waals surface area (Å²) in [5.41, 5.74) is 3.83. The second-order valence-electron chi connectivity index (χ2n) is 5.73. The van der Waals surface area contributed by atoms with Crippen molar-refractivity contribution >= 4 is 22.5 Å². The van der Waals surface area contributed by atoms with Crippen molar-refractivity contribution < 1.29 is 4.79 Å². The molecule has 120 valence electrons. The smallest absolute Gasteiger partial charge is 0.243 e. The first kappa shape index (κ1) is 14.4. The molecule has 1 atom stereocenters. The van der Waals surface area contributed by atoms with Crippen LogP contribution < -0.4 is 5.32 Å². The third-order valence-corrected chi connectivity index (χ3v) is 4.24. The lowest BCUT2D eigenvalue weighted by molar-refractivity contribution is -0.123. The molecule has 0 saturated carbocycles. The number of aromatic nitrogens is 4. The first-order valence-corrected chi connectivity index (χ1v) is 7.84. The highest BCUT2D eigenvalue weighted by Crippen LogP contribution is 2.17. The summed E-state index contributed by atoms with van der Waals surface area (Å²) in [7, 11) is 0. The highest BCUT2D eigenvalue weighted by molar-refractivity contribution is 5.83. The molecule has 0 aliphatic carbocycles. The minimum absolute atomic E-state index is 0.0477. The van der Waals surface area contributed by atoms with Crippen LogP contribution in [0.1, 0.15) is 18.5 Å². The fraction of sp³-hybridized carbons (Fsp3) is 0.167. The molecule has 0 spiro atoms. The van der Waals surface area contributed by atoms with Gasteiger partial charge in [-0.2, -0.15) is 5.10 Å². The van der Waals surface area contributed by atoms with E-state index in [4.69, 9.17) is 0 Å². The van der Waals surface area contributed by atoms with Gasteiger partial charge in [0, 0.05) is 18.3 Å². The predicted octanol–water partition coefficient (Wildman–Crippen LogP) is 2.56. The summed E-state index contributed by atoms with van der Waals surface area (Å²) in [4.78, 5) is 16.9. The minimum Gasteiger partial charge on any atom is -0.350 e. The maximum Gasteiger partial charge on any atom is 0.243 e. The van der Waals surface area contributed by atoms with Gasteiger partial charge < -0.3 is 9.88 Å². The van der Waals surface area contributed by atoms with Crippen LogP contribution in [0.5, 0.6) is 0 Å². The first-order chi connectivity index (χ1) is 11.7. The summed E-state index contributed by atoms with van der Waals surface area (Å²) >= 11 is 0. The van der Waals surface area contributed by atoms with Gasteiger partial charge in [0.15, 0.2) is 0 Å². The van der Waals surface area contributed by atoms with Gasteiger partial charge in [0.05, 0.1) is 29.1 Å². The van der Waals surface area contributed by atoms with E-state index in [1.165, 1.54) is 0 Å². The molecule has 0 saturated heterocycles. The van der Waals surface area contributed by atoms with Crippen molar-refractivity contribution in [1.82, 2.24) is 24.5 Å². The van der Waals surface area contributed by atoms with Crippen LogP contribution in [0.2, 0.25) is 0 Å². The Kier molecular flexibility index (Phi) is 3.49. The van der Waals surface area contributed by atoms with Gasteiger partial charge in [-0.25, -0.2) is 9.50 Å². The minimum atomic E-state index is -0.334. The molecule has 0 fully saturated rings. The molecule has 0 radical (unpaired) electrons. The zero-order chi connectivity index (χ0) is 16.5. The molecule has 1 N–H and O–H groups in total. The van der Waals surface area contributed by atoms with Gasteiger partial charge in [-0.3, -0.25) is 4.79 Å². The van der Waals surface area contributed by atoms with Crippen LogP contribution in [0.3, 0.4) is 0 Å². The van der Waals surface area contributed by atoms with E-state index in [1.807, 2.05) is 60.2 Å². The maximum atomic E-state index is 12.5. The molecule has 0 bridgehead atoms. The van der Waals surface area contributed by atoms with E-state index in [1.54, 1.807) is 17.0 Å². The molecule has 24 heavy (non-hydrogen) atoms. The monoisotopic (exact) mass is 319 g/mol. The number of nitrogens with one attached hydrogen (secondary N) is 1. The molecule has 6 heteroatoms. The number of para-hydroxylation sites is 2. The number of hydrogen-bond acceptors (Lipinski definition) is 3. The average molecular weight is 319 g/mol. The Morgan fingerprint density at radius 3 is 2.88 bits per heavy atom. The van der Waals surface area contributed by atoms with Crippen LogP contribution in [0.4, 0.5) is 0 Å². The second kappa shape index (κ2) is 5.81. The van der Waals surface area contributed by atoms with E-state index in [0.29, 0.717) is 6.54 Å². The third-order valence-electron chi connectivity index (χ3n) is 4.24. The SMILES string of the molecule is C[C@H](C(=O)NCc1cnn2ccccc12)n1cnc2ccccc21. The molecular weight excluding hydrogens is 302 g/mol. The summed E-state index contributed by atoms with van der Waals surface area (Å²) in [6.07, 6.45) is 5.39. The van der Waals surface area contributed by atoms with Gasteiger partial charge in [0.2, 0.25) is 5.91 Å². The largest absolute Gasteiger partial charge is 0.350 e. The molecule has 6 nitrogen and oxygen atoms in total. The van der Waals surface area contributed by atoms with E-state index in [0.717, 1.165) is 22.1 Å². The van der Waals surface area contributed by atoms with Crippen LogP contribution >= 0.6 is 0 Å². The molecule has 0 aliphatic heterocycles. The number of fused-ring (bicyclic) bond motifs is 2. The summed E-state index contributed by atoms with van der Waals surface area (Å²) in [6, 6.07) is 13.3. The van der Waals surface area contributed by atoms with E-state index in [2.05, 4.69) is 15.4 Å². The predicted molar refractivity (Wildman–Crippen MR) is 91.5 cm³/mol. The van der Waals surface area contributed by atoms with Crippen molar-refractivity contribution in [3.63, 3.8) is 0 Å². The lowest BCUT2D eigenvalue weighted by atomic mass is 10.2. The fourth-order valence-electron chi connectivity index (χ4n) is 2.87. The zero-order valence-corrected chi connectivity index (χ0v) is 13.3.